The molecule has 0 unspecified atom stereocenters. The summed E-state index contributed by atoms with van der Waals surface area (Å²) in [4.78, 5) is 17.8. The predicted molar refractivity (Wildman–Crippen MR) is 62.2 cm³/mol. The van der Waals surface area contributed by atoms with Gasteiger partial charge in [0.05, 0.1) is 12.5 Å². The molecule has 0 aromatic carbocycles. The largest absolute Gasteiger partial charge is 0.332 e. The molecule has 0 aliphatic heterocycles. The molecule has 6 heteroatoms. The lowest BCUT2D eigenvalue weighted by Gasteiger charge is -2.24. The minimum Gasteiger partial charge on any atom is -0.332 e. The summed E-state index contributed by atoms with van der Waals surface area (Å²) in [5.41, 5.74) is 0. The van der Waals surface area contributed by atoms with Crippen molar-refractivity contribution in [2.75, 3.05) is 6.54 Å². The number of nitrogens with zero attached hydrogens (tertiary/aromatic N) is 4. The third kappa shape index (κ3) is 3.28. The van der Waals surface area contributed by atoms with Crippen LogP contribution in [0.1, 0.15) is 43.6 Å². The number of rotatable bonds is 5. The SMILES string of the molecule is CCc1nc(C(=O)N(CCC#N)C(C)C)n[nH]1. The molecule has 0 fully saturated rings. The zero-order chi connectivity index (χ0) is 12.8. The molecule has 0 aliphatic carbocycles. The fraction of sp³-hybridized carbons (Fsp3) is 0.636. The topological polar surface area (TPSA) is 85.7 Å². The molecule has 0 bridgehead atoms. The van der Waals surface area contributed by atoms with Crippen molar-refractivity contribution in [1.82, 2.24) is 20.1 Å². The summed E-state index contributed by atoms with van der Waals surface area (Å²) in [6.07, 6.45) is 1.02. The Bertz CT molecular complexity index is 418. The van der Waals surface area contributed by atoms with Crippen LogP contribution in [0.5, 0.6) is 0 Å². The highest BCUT2D eigenvalue weighted by molar-refractivity contribution is 5.90. The van der Waals surface area contributed by atoms with Gasteiger partial charge < -0.3 is 4.90 Å². The summed E-state index contributed by atoms with van der Waals surface area (Å²) in [5.74, 6) is 0.636. The van der Waals surface area contributed by atoms with Crippen molar-refractivity contribution in [2.24, 2.45) is 0 Å². The molecule has 92 valence electrons. The minimum absolute atomic E-state index is 0.0272. The van der Waals surface area contributed by atoms with E-state index in [-0.39, 0.29) is 17.8 Å². The van der Waals surface area contributed by atoms with Gasteiger partial charge in [0.2, 0.25) is 5.82 Å². The van der Waals surface area contributed by atoms with E-state index in [1.54, 1.807) is 4.90 Å². The molecule has 0 spiro atoms. The third-order valence-electron chi connectivity index (χ3n) is 2.41. The highest BCUT2D eigenvalue weighted by Gasteiger charge is 2.21. The van der Waals surface area contributed by atoms with Gasteiger partial charge in [-0.1, -0.05) is 6.92 Å². The maximum atomic E-state index is 12.1. The Balaban J connectivity index is 2.80. The summed E-state index contributed by atoms with van der Waals surface area (Å²) in [7, 11) is 0. The van der Waals surface area contributed by atoms with E-state index >= 15 is 0 Å². The van der Waals surface area contributed by atoms with Gasteiger partial charge in [-0.2, -0.15) is 5.26 Å². The number of aryl methyl sites for hydroxylation is 1. The molecule has 17 heavy (non-hydrogen) atoms. The Labute approximate surface area is 101 Å². The minimum atomic E-state index is -0.230. The van der Waals surface area contributed by atoms with Gasteiger partial charge in [-0.05, 0) is 13.8 Å². The lowest BCUT2D eigenvalue weighted by molar-refractivity contribution is 0.0698. The van der Waals surface area contributed by atoms with Crippen molar-refractivity contribution in [2.45, 2.75) is 39.7 Å². The van der Waals surface area contributed by atoms with E-state index in [1.807, 2.05) is 26.8 Å². The number of aromatic amines is 1. The molecular formula is C11H17N5O. The first-order valence-corrected chi connectivity index (χ1v) is 5.69. The second-order valence-corrected chi connectivity index (χ2v) is 3.96. The van der Waals surface area contributed by atoms with Gasteiger partial charge in [0.15, 0.2) is 0 Å². The summed E-state index contributed by atoms with van der Waals surface area (Å²) >= 11 is 0. The highest BCUT2D eigenvalue weighted by atomic mass is 16.2. The van der Waals surface area contributed by atoms with Gasteiger partial charge in [-0.3, -0.25) is 9.89 Å². The van der Waals surface area contributed by atoms with Crippen LogP contribution in [0.15, 0.2) is 0 Å². The molecule has 0 saturated heterocycles. The number of hydrogen-bond acceptors (Lipinski definition) is 4. The predicted octanol–water partition coefficient (Wildman–Crippen LogP) is 1.13. The van der Waals surface area contributed by atoms with Crippen LogP contribution < -0.4 is 0 Å². The van der Waals surface area contributed by atoms with E-state index in [2.05, 4.69) is 15.2 Å². The average Bonchev–Trinajstić information content (AvgIpc) is 2.77. The second kappa shape index (κ2) is 5.99. The maximum Gasteiger partial charge on any atom is 0.293 e. The Morgan fingerprint density at radius 3 is 2.76 bits per heavy atom. The molecule has 1 rings (SSSR count). The monoisotopic (exact) mass is 235 g/mol. The number of carbonyl (C=O) groups excluding carboxylic acids is 1. The molecule has 6 nitrogen and oxygen atoms in total. The fourth-order valence-electron chi connectivity index (χ4n) is 1.44. The summed E-state index contributed by atoms with van der Waals surface area (Å²) < 4.78 is 0. The molecule has 0 aliphatic rings. The zero-order valence-corrected chi connectivity index (χ0v) is 10.4. The van der Waals surface area contributed by atoms with Gasteiger partial charge in [-0.25, -0.2) is 4.98 Å². The first-order chi connectivity index (χ1) is 8.10. The number of aromatic nitrogens is 3. The fourth-order valence-corrected chi connectivity index (χ4v) is 1.44. The van der Waals surface area contributed by atoms with Crippen LogP contribution in [0.4, 0.5) is 0 Å². The smallest absolute Gasteiger partial charge is 0.293 e. The molecule has 1 amide bonds. The molecule has 1 N–H and O–H groups in total. The number of hydrogen-bond donors (Lipinski definition) is 1. The Hall–Kier alpha value is -1.90. The lowest BCUT2D eigenvalue weighted by atomic mass is 10.2. The molecule has 0 saturated carbocycles. The van der Waals surface area contributed by atoms with Crippen molar-refractivity contribution in [1.29, 1.82) is 5.26 Å². The number of H-pyrrole nitrogens is 1. The Kier molecular flexibility index (Phi) is 4.64. The lowest BCUT2D eigenvalue weighted by Crippen LogP contribution is -2.38. The number of nitrogens with one attached hydrogen (secondary N) is 1. The van der Waals surface area contributed by atoms with Gasteiger partial charge in [0, 0.05) is 19.0 Å². The van der Waals surface area contributed by atoms with Crippen molar-refractivity contribution in [3.63, 3.8) is 0 Å². The van der Waals surface area contributed by atoms with Crippen LogP contribution in [0, 0.1) is 11.3 Å². The first kappa shape index (κ1) is 13.2. The Morgan fingerprint density at radius 2 is 2.29 bits per heavy atom. The number of amides is 1. The summed E-state index contributed by atoms with van der Waals surface area (Å²) in [5, 5.41) is 15.2. The van der Waals surface area contributed by atoms with Crippen LogP contribution >= 0.6 is 0 Å². The molecule has 0 radical (unpaired) electrons. The van der Waals surface area contributed by atoms with E-state index in [9.17, 15) is 4.79 Å². The van der Waals surface area contributed by atoms with Gasteiger partial charge in [0.25, 0.3) is 5.91 Å². The van der Waals surface area contributed by atoms with Crippen LogP contribution in [-0.2, 0) is 6.42 Å². The van der Waals surface area contributed by atoms with Crippen molar-refractivity contribution in [3.8, 4) is 6.07 Å². The van der Waals surface area contributed by atoms with Crippen molar-refractivity contribution in [3.05, 3.63) is 11.6 Å². The molecular weight excluding hydrogens is 218 g/mol. The Morgan fingerprint density at radius 1 is 1.59 bits per heavy atom. The second-order valence-electron chi connectivity index (χ2n) is 3.96. The van der Waals surface area contributed by atoms with E-state index < -0.39 is 0 Å². The number of nitriles is 1. The molecule has 0 atom stereocenters. The van der Waals surface area contributed by atoms with Crippen LogP contribution in [-0.4, -0.2) is 38.6 Å². The van der Waals surface area contributed by atoms with Crippen LogP contribution in [0.2, 0.25) is 0 Å². The first-order valence-electron chi connectivity index (χ1n) is 5.69. The van der Waals surface area contributed by atoms with E-state index in [0.29, 0.717) is 25.2 Å². The normalized spacial score (nSPS) is 10.3. The van der Waals surface area contributed by atoms with E-state index in [4.69, 9.17) is 5.26 Å². The zero-order valence-electron chi connectivity index (χ0n) is 10.4. The van der Waals surface area contributed by atoms with Gasteiger partial charge in [-0.15, -0.1) is 5.10 Å². The molecule has 1 aromatic heterocycles. The third-order valence-corrected chi connectivity index (χ3v) is 2.41. The highest BCUT2D eigenvalue weighted by Crippen LogP contribution is 2.06. The van der Waals surface area contributed by atoms with E-state index in [0.717, 1.165) is 0 Å². The number of carbonyl (C=O) groups is 1. The van der Waals surface area contributed by atoms with Crippen molar-refractivity contribution >= 4 is 5.91 Å². The summed E-state index contributed by atoms with van der Waals surface area (Å²) in [6, 6.07) is 2.06. The van der Waals surface area contributed by atoms with Crippen LogP contribution in [0.25, 0.3) is 0 Å². The van der Waals surface area contributed by atoms with E-state index in [1.165, 1.54) is 0 Å². The quantitative estimate of drug-likeness (QED) is 0.829. The van der Waals surface area contributed by atoms with Crippen molar-refractivity contribution < 1.29 is 4.79 Å². The van der Waals surface area contributed by atoms with Gasteiger partial charge >= 0.3 is 0 Å². The van der Waals surface area contributed by atoms with Crippen LogP contribution in [0.3, 0.4) is 0 Å². The summed E-state index contributed by atoms with van der Waals surface area (Å²) in [6.45, 7) is 6.15. The average molecular weight is 235 g/mol. The molecule has 1 aromatic rings. The maximum absolute atomic E-state index is 12.1. The molecule has 1 heterocycles. The standard InChI is InChI=1S/C11H17N5O/c1-4-9-13-10(15-14-9)11(17)16(8(2)3)7-5-6-12/h8H,4-5,7H2,1-3H3,(H,13,14,15). The van der Waals surface area contributed by atoms with Gasteiger partial charge in [0.1, 0.15) is 5.82 Å².